The third-order valence-corrected chi connectivity index (χ3v) is 25.8. The van der Waals surface area contributed by atoms with E-state index >= 15 is 0 Å². The number of nitrogens with zero attached hydrogens (tertiary/aromatic N) is 8. The summed E-state index contributed by atoms with van der Waals surface area (Å²) in [5.74, 6) is -7.47. The molecule has 0 unspecified atom stereocenters. The Morgan fingerprint density at radius 3 is 1.22 bits per heavy atom. The number of aromatic nitrogens is 8. The van der Waals surface area contributed by atoms with Gasteiger partial charge < -0.3 is 61.8 Å². The number of benzene rings is 3. The number of halogens is 7. The number of hydrogen-bond donors (Lipinski definition) is 2. The summed E-state index contributed by atoms with van der Waals surface area (Å²) in [6.07, 6.45) is 7.44. The van der Waals surface area contributed by atoms with Gasteiger partial charge in [0.1, 0.15) is 73.3 Å². The molecule has 2 N–H and O–H groups in total. The SMILES string of the molecule is CC1(C)C(=O)c2c(O)c(=O)c(-c3nnc(Cc4ccc(F)cc4F)s3)cn2[C@@H]2CCO[C@@H]21.COc1c2n(cc(-c3nnc(Cc4ccc(F)cc4F)s3)c1=O)[C@@H]1CCO[C@@H]1C(C)(C)C2=O.COc1c2n(cc(Br)c1=O)[C@@H]1CCO[C@@H]1C(C)(C)C2=O.COc1c2n(cc(C(=O)NCC(=O)Cc3ccc(F)cc3F)c1=O)[C@@H]1CCO[C@@H]1C(C)(C)C2=O. The molecule has 8 atom stereocenters. The van der Waals surface area contributed by atoms with E-state index in [1.807, 2.05) is 32.3 Å². The lowest BCUT2D eigenvalue weighted by Gasteiger charge is -2.40. The van der Waals surface area contributed by atoms with Gasteiger partial charge in [0, 0.05) is 88.7 Å². The third kappa shape index (κ3) is 15.1. The quantitative estimate of drug-likeness (QED) is 0.0955. The highest BCUT2D eigenvalue weighted by atomic mass is 79.9. The van der Waals surface area contributed by atoms with Gasteiger partial charge in [0.25, 0.3) is 5.91 Å². The van der Waals surface area contributed by atoms with E-state index in [0.717, 1.165) is 59.4 Å². The van der Waals surface area contributed by atoms with E-state index < -0.39 is 103 Å². The van der Waals surface area contributed by atoms with Crippen molar-refractivity contribution in [3.8, 4) is 44.1 Å². The highest BCUT2D eigenvalue weighted by Gasteiger charge is 2.57. The Kier molecular flexibility index (Phi) is 23.2. The molecule has 0 radical (unpaired) electrons. The number of amides is 1. The van der Waals surface area contributed by atoms with Crippen molar-refractivity contribution < 1.29 is 93.4 Å². The zero-order chi connectivity index (χ0) is 85.7. The molecule has 3 aromatic carbocycles. The fraction of sp³-hybridized carbons (Fsp3) is 0.422. The summed E-state index contributed by atoms with van der Waals surface area (Å²) < 4.78 is 128. The molecule has 0 spiro atoms. The lowest BCUT2D eigenvalue weighted by atomic mass is 9.74. The number of hydrogen-bond acceptors (Lipinski definition) is 24. The number of rotatable bonds is 14. The fourth-order valence-electron chi connectivity index (χ4n) is 17.1. The largest absolute Gasteiger partial charge is 0.503 e. The number of ether oxygens (including phenoxy) is 7. The molecule has 0 saturated carbocycles. The number of nitrogens with one attached hydrogen (secondary N) is 1. The first-order valence-electron chi connectivity index (χ1n) is 37.9. The maximum absolute atomic E-state index is 14.0. The van der Waals surface area contributed by atoms with Gasteiger partial charge >= 0.3 is 0 Å². The minimum absolute atomic E-state index is 0.00966. The molecule has 4 fully saturated rings. The van der Waals surface area contributed by atoms with Gasteiger partial charge in [-0.25, -0.2) is 26.3 Å². The monoisotopic (exact) mass is 1750 g/mol. The summed E-state index contributed by atoms with van der Waals surface area (Å²) in [5.41, 5.74) is -4.21. The zero-order valence-corrected chi connectivity index (χ0v) is 69.3. The predicted octanol–water partition coefficient (Wildman–Crippen LogP) is 11.7. The second-order valence-electron chi connectivity index (χ2n) is 32.1. The van der Waals surface area contributed by atoms with Crippen LogP contribution in [0.25, 0.3) is 21.1 Å². The van der Waals surface area contributed by atoms with Gasteiger partial charge in [0.05, 0.1) is 114 Å². The second-order valence-corrected chi connectivity index (χ2v) is 35.1. The number of carbonyl (C=O) groups excluding carboxylic acids is 6. The maximum Gasteiger partial charge on any atom is 0.257 e. The summed E-state index contributed by atoms with van der Waals surface area (Å²) in [6, 6.07) is 8.96. The number of ketones is 5. The van der Waals surface area contributed by atoms with Gasteiger partial charge in [-0.15, -0.1) is 20.4 Å². The summed E-state index contributed by atoms with van der Waals surface area (Å²) in [4.78, 5) is 129. The molecule has 8 aliphatic heterocycles. The average Bonchev–Trinajstić information content (AvgIpc) is 1.72. The molecule has 6 aromatic heterocycles. The topological polar surface area (TPSA) is 339 Å². The van der Waals surface area contributed by atoms with Crippen LogP contribution in [0.2, 0.25) is 0 Å². The summed E-state index contributed by atoms with van der Waals surface area (Å²) in [5, 5.41) is 30.8. The first-order valence-corrected chi connectivity index (χ1v) is 40.3. The van der Waals surface area contributed by atoms with Crippen LogP contribution in [-0.4, -0.2) is 157 Å². The van der Waals surface area contributed by atoms with Gasteiger partial charge in [-0.2, -0.15) is 0 Å². The van der Waals surface area contributed by atoms with Gasteiger partial charge in [0.2, 0.25) is 21.7 Å². The van der Waals surface area contributed by atoms with Crippen molar-refractivity contribution in [2.24, 2.45) is 21.7 Å². The van der Waals surface area contributed by atoms with Crippen LogP contribution in [0.5, 0.6) is 23.0 Å². The molecule has 0 aliphatic carbocycles. The van der Waals surface area contributed by atoms with Crippen molar-refractivity contribution in [1.82, 2.24) is 44.0 Å². The lowest BCUT2D eigenvalue weighted by molar-refractivity contribution is -0.117. The van der Waals surface area contributed by atoms with Gasteiger partial charge in [-0.3, -0.25) is 47.9 Å². The molecule has 27 nitrogen and oxygen atoms in total. The molecule has 17 rings (SSSR count). The van der Waals surface area contributed by atoms with Crippen LogP contribution in [0, 0.1) is 56.6 Å². The highest BCUT2D eigenvalue weighted by molar-refractivity contribution is 9.10. The number of methoxy groups -OCH3 is 3. The van der Waals surface area contributed by atoms with Crippen molar-refractivity contribution in [2.75, 3.05) is 54.3 Å². The van der Waals surface area contributed by atoms with Gasteiger partial charge in [-0.05, 0) is 132 Å². The Bertz CT molecular complexity index is 5960. The van der Waals surface area contributed by atoms with Crippen LogP contribution in [0.3, 0.4) is 0 Å². The smallest absolute Gasteiger partial charge is 0.257 e. The number of pyridine rings is 4. The van der Waals surface area contributed by atoms with Crippen molar-refractivity contribution in [2.45, 2.75) is 149 Å². The molecule has 1 amide bonds. The van der Waals surface area contributed by atoms with Gasteiger partial charge in [0.15, 0.2) is 61.9 Å². The lowest BCUT2D eigenvalue weighted by Crippen LogP contribution is -2.49. The second kappa shape index (κ2) is 32.6. The summed E-state index contributed by atoms with van der Waals surface area (Å²) in [7, 11) is 4.03. The van der Waals surface area contributed by atoms with E-state index in [4.69, 9.17) is 33.2 Å². The summed E-state index contributed by atoms with van der Waals surface area (Å²) in [6.45, 7) is 16.0. The van der Waals surface area contributed by atoms with Gasteiger partial charge in [-0.1, -0.05) is 40.9 Å². The Morgan fingerprint density at radius 1 is 0.479 bits per heavy atom. The number of aromatic hydroxyl groups is 1. The zero-order valence-electron chi connectivity index (χ0n) is 66.0. The average molecular weight is 1750 g/mol. The van der Waals surface area contributed by atoms with Crippen molar-refractivity contribution in [3.05, 3.63) is 215 Å². The van der Waals surface area contributed by atoms with Crippen molar-refractivity contribution in [1.29, 1.82) is 0 Å². The molecule has 36 heteroatoms. The third-order valence-electron chi connectivity index (χ3n) is 23.3. The fourth-order valence-corrected chi connectivity index (χ4v) is 19.2. The predicted molar refractivity (Wildman–Crippen MR) is 421 cm³/mol. The Morgan fingerprint density at radius 2 is 0.824 bits per heavy atom. The van der Waals surface area contributed by atoms with Crippen molar-refractivity contribution >= 4 is 73.4 Å². The van der Waals surface area contributed by atoms with Crippen LogP contribution in [0.4, 0.5) is 26.3 Å². The highest BCUT2D eigenvalue weighted by Crippen LogP contribution is 2.52. The minimum atomic E-state index is -0.882. The number of Topliss-reactive ketones (excluding diaryl/α,β-unsaturated/α-hetero) is 5. The van der Waals surface area contributed by atoms with Crippen LogP contribution in [0.15, 0.2) is 103 Å². The molecule has 4 saturated heterocycles. The van der Waals surface area contributed by atoms with Crippen LogP contribution in [0.1, 0.15) is 184 Å². The Hall–Kier alpha value is -10.5. The summed E-state index contributed by atoms with van der Waals surface area (Å²) >= 11 is 5.45. The molecular weight excluding hydrogens is 1670 g/mol. The Balaban J connectivity index is 0.000000132. The van der Waals surface area contributed by atoms with Crippen LogP contribution >= 0.6 is 38.6 Å². The molecule has 626 valence electrons. The van der Waals surface area contributed by atoms with E-state index in [1.54, 1.807) is 53.8 Å². The molecule has 14 heterocycles. The van der Waals surface area contributed by atoms with E-state index in [-0.39, 0.29) is 163 Å². The minimum Gasteiger partial charge on any atom is -0.503 e. The van der Waals surface area contributed by atoms with Crippen molar-refractivity contribution in [3.63, 3.8) is 0 Å². The molecule has 8 aliphatic rings. The van der Waals surface area contributed by atoms with Crippen LogP contribution < -0.4 is 41.2 Å². The van der Waals surface area contributed by atoms with E-state index in [0.29, 0.717) is 76.9 Å². The standard InChI is InChI=1S/C24H24F2N2O6.C23H21F2N3O4S.C22H19F2N3O4S.C14H16BrNO4/c1-24(2)21(31)18-20(33-3)19(30)15(11-28(18)17-6-7-34-22(17)24)23(32)27-10-14(29)8-12-4-5-13(25)9-16(12)26;1-23(2)20(30)17-19(31-3)18(29)13(10-28(17)15-6-7-32-21(15)23)22-27-26-16(33-22)8-11-4-5-12(24)9-14(11)25;1-22(2)19(30)16-18(29)17(28)12(9-27(16)14-5-6-31-20(14)22)21-26-25-15(32-21)7-10-3-4-11(23)8-13(10)24;1-14(2)12(18)9-11(19-3)10(17)7(15)6-16(9)8-4-5-20-13(8)14/h4-5,9,11,17,22H,6-8,10H2,1-3H3,(H,27,32);4-5,9-10,15,21H,6-8H2,1-3H3;3-4,8-9,14,20,29H,5-7H2,1-2H3;6,8,13H,4-5H2,1-3H3/t17-,22+;15-,21+;14-,20+;8-,13+/m1111/s1. The first-order chi connectivity index (χ1) is 56.3. The number of fused-ring (bicyclic) bond motifs is 12. The van der Waals surface area contributed by atoms with E-state index in [1.165, 1.54) is 51.9 Å². The van der Waals surface area contributed by atoms with E-state index in [9.17, 15) is 79.4 Å². The molecule has 0 bridgehead atoms. The first kappa shape index (κ1) is 84.9. The molecule has 9 aromatic rings. The molecular formula is C83H80BrF6N9O18S2. The van der Waals surface area contributed by atoms with E-state index in [2.05, 4.69) is 41.6 Å². The van der Waals surface area contributed by atoms with Crippen LogP contribution in [-0.2, 0) is 43.0 Å². The maximum atomic E-state index is 14.0. The normalized spacial score (nSPS) is 22.0. The Labute approximate surface area is 690 Å². The molecule has 119 heavy (non-hydrogen) atoms. The number of carbonyl (C=O) groups is 6.